The minimum atomic E-state index is -0.914. The van der Waals surface area contributed by atoms with Gasteiger partial charge < -0.3 is 10.0 Å². The molecule has 0 atom stereocenters. The summed E-state index contributed by atoms with van der Waals surface area (Å²) < 4.78 is 13.0. The van der Waals surface area contributed by atoms with E-state index < -0.39 is 5.97 Å². The van der Waals surface area contributed by atoms with Crippen LogP contribution in [0.4, 0.5) is 4.39 Å². The summed E-state index contributed by atoms with van der Waals surface area (Å²) in [7, 11) is 0. The highest BCUT2D eigenvalue weighted by molar-refractivity contribution is 8.03. The van der Waals surface area contributed by atoms with Crippen LogP contribution < -0.4 is 0 Å². The Hall–Kier alpha value is -2.60. The highest BCUT2D eigenvalue weighted by atomic mass is 32.2. The molecular formula is C21H21FN2O2S. The van der Waals surface area contributed by atoms with E-state index in [1.54, 1.807) is 42.4 Å². The Kier molecular flexibility index (Phi) is 6.65. The van der Waals surface area contributed by atoms with Crippen molar-refractivity contribution in [3.63, 3.8) is 0 Å². The number of aromatic nitrogens is 1. The van der Waals surface area contributed by atoms with Crippen LogP contribution in [0.1, 0.15) is 17.5 Å². The number of aryl methyl sites for hydroxylation is 1. The van der Waals surface area contributed by atoms with Crippen molar-refractivity contribution in [2.45, 2.75) is 19.4 Å². The van der Waals surface area contributed by atoms with Crippen molar-refractivity contribution in [1.29, 1.82) is 0 Å². The highest BCUT2D eigenvalue weighted by Gasteiger charge is 2.21. The summed E-state index contributed by atoms with van der Waals surface area (Å²) in [6, 6.07) is 10.4. The summed E-state index contributed by atoms with van der Waals surface area (Å²) in [5.74, 6) is -0.353. The fourth-order valence-electron chi connectivity index (χ4n) is 2.90. The normalized spacial score (nSPS) is 13.9. The van der Waals surface area contributed by atoms with Gasteiger partial charge in [-0.05, 0) is 54.0 Å². The van der Waals surface area contributed by atoms with Gasteiger partial charge in [-0.1, -0.05) is 24.3 Å². The van der Waals surface area contributed by atoms with Gasteiger partial charge in [0.25, 0.3) is 0 Å². The van der Waals surface area contributed by atoms with Crippen LogP contribution in [0.3, 0.4) is 0 Å². The SMILES string of the molecule is O=C(O)C1=C(SCCCc2ccc(F)cc2)N(Cc2cccnc2)CC=C1. The summed E-state index contributed by atoms with van der Waals surface area (Å²) in [5.41, 5.74) is 2.46. The van der Waals surface area contributed by atoms with Crippen LogP contribution in [0.5, 0.6) is 0 Å². The van der Waals surface area contributed by atoms with Crippen LogP contribution in [0.2, 0.25) is 0 Å². The van der Waals surface area contributed by atoms with Gasteiger partial charge in [0.15, 0.2) is 0 Å². The Morgan fingerprint density at radius 2 is 2.04 bits per heavy atom. The average molecular weight is 384 g/mol. The first-order valence-electron chi connectivity index (χ1n) is 8.78. The second-order valence-corrected chi connectivity index (χ2v) is 7.33. The number of hydrogen-bond acceptors (Lipinski definition) is 4. The summed E-state index contributed by atoms with van der Waals surface area (Å²) in [4.78, 5) is 17.9. The molecule has 0 saturated heterocycles. The zero-order valence-electron chi connectivity index (χ0n) is 14.8. The zero-order valence-corrected chi connectivity index (χ0v) is 15.7. The Bertz CT molecular complexity index is 835. The number of halogens is 1. The van der Waals surface area contributed by atoms with Crippen molar-refractivity contribution >= 4 is 17.7 Å². The standard InChI is InChI=1S/C21H21FN2O2S/c22-18-9-7-16(8-10-18)5-3-13-27-20-19(21(25)26)6-2-12-24(20)15-17-4-1-11-23-14-17/h1-2,4,6-11,14H,3,5,12-13,15H2,(H,25,26). The molecule has 0 fully saturated rings. The number of thioether (sulfide) groups is 1. The molecular weight excluding hydrogens is 363 g/mol. The molecule has 6 heteroatoms. The molecule has 2 aromatic rings. The highest BCUT2D eigenvalue weighted by Crippen LogP contribution is 2.30. The Labute approximate surface area is 162 Å². The Balaban J connectivity index is 1.64. The fraction of sp³-hybridized carbons (Fsp3) is 0.238. The molecule has 1 aliphatic heterocycles. The van der Waals surface area contributed by atoms with E-state index in [-0.39, 0.29) is 5.82 Å². The van der Waals surface area contributed by atoms with Gasteiger partial charge in [-0.15, -0.1) is 11.8 Å². The zero-order chi connectivity index (χ0) is 19.1. The summed E-state index contributed by atoms with van der Waals surface area (Å²) in [5, 5.41) is 10.3. The largest absolute Gasteiger partial charge is 0.478 e. The molecule has 0 saturated carbocycles. The molecule has 0 radical (unpaired) electrons. The second-order valence-electron chi connectivity index (χ2n) is 6.25. The van der Waals surface area contributed by atoms with E-state index in [2.05, 4.69) is 9.88 Å². The monoisotopic (exact) mass is 384 g/mol. The first-order chi connectivity index (χ1) is 13.1. The van der Waals surface area contributed by atoms with Crippen LogP contribution >= 0.6 is 11.8 Å². The van der Waals surface area contributed by atoms with Crippen molar-refractivity contribution < 1.29 is 14.3 Å². The predicted octanol–water partition coefficient (Wildman–Crippen LogP) is 4.25. The third-order valence-corrected chi connectivity index (χ3v) is 5.46. The minimum absolute atomic E-state index is 0.232. The molecule has 0 aliphatic carbocycles. The van der Waals surface area contributed by atoms with E-state index in [1.807, 2.05) is 18.2 Å². The Morgan fingerprint density at radius 1 is 1.22 bits per heavy atom. The topological polar surface area (TPSA) is 53.4 Å². The molecule has 1 N–H and O–H groups in total. The molecule has 0 spiro atoms. The third kappa shape index (κ3) is 5.44. The van der Waals surface area contributed by atoms with Crippen molar-refractivity contribution in [3.05, 3.63) is 88.5 Å². The number of rotatable bonds is 8. The maximum absolute atomic E-state index is 13.0. The van der Waals surface area contributed by atoms with Crippen LogP contribution in [-0.2, 0) is 17.8 Å². The van der Waals surface area contributed by atoms with E-state index in [9.17, 15) is 14.3 Å². The maximum Gasteiger partial charge on any atom is 0.338 e. The molecule has 4 nitrogen and oxygen atoms in total. The van der Waals surface area contributed by atoms with Crippen LogP contribution in [-0.4, -0.2) is 33.3 Å². The number of hydrogen-bond donors (Lipinski definition) is 1. The summed E-state index contributed by atoms with van der Waals surface area (Å²) in [6.07, 6.45) is 8.81. The van der Waals surface area contributed by atoms with Gasteiger partial charge in [0.1, 0.15) is 5.82 Å². The van der Waals surface area contributed by atoms with Gasteiger partial charge in [-0.3, -0.25) is 4.98 Å². The lowest BCUT2D eigenvalue weighted by molar-refractivity contribution is -0.132. The molecule has 3 rings (SSSR count). The molecule has 2 heterocycles. The average Bonchev–Trinajstić information content (AvgIpc) is 2.68. The number of carboxylic acid groups (broad SMARTS) is 1. The molecule has 1 aliphatic rings. The van der Waals surface area contributed by atoms with Crippen molar-refractivity contribution in [3.8, 4) is 0 Å². The maximum atomic E-state index is 13.0. The molecule has 1 aromatic heterocycles. The quantitative estimate of drug-likeness (QED) is 0.690. The lowest BCUT2D eigenvalue weighted by Crippen LogP contribution is -2.27. The van der Waals surface area contributed by atoms with Gasteiger partial charge in [0.2, 0.25) is 0 Å². The third-order valence-electron chi connectivity index (χ3n) is 4.22. The van der Waals surface area contributed by atoms with Crippen LogP contribution in [0.25, 0.3) is 0 Å². The lowest BCUT2D eigenvalue weighted by atomic mass is 10.1. The minimum Gasteiger partial charge on any atom is -0.478 e. The molecule has 0 amide bonds. The smallest absolute Gasteiger partial charge is 0.338 e. The van der Waals surface area contributed by atoms with E-state index in [0.29, 0.717) is 18.7 Å². The van der Waals surface area contributed by atoms with Crippen molar-refractivity contribution in [2.24, 2.45) is 0 Å². The Morgan fingerprint density at radius 3 is 2.74 bits per heavy atom. The van der Waals surface area contributed by atoms with Crippen LogP contribution in [0.15, 0.2) is 71.5 Å². The summed E-state index contributed by atoms with van der Waals surface area (Å²) >= 11 is 1.56. The van der Waals surface area contributed by atoms with E-state index in [1.165, 1.54) is 12.1 Å². The summed E-state index contributed by atoms with van der Waals surface area (Å²) in [6.45, 7) is 1.29. The first-order valence-corrected chi connectivity index (χ1v) is 9.77. The number of aliphatic carboxylic acids is 1. The fourth-order valence-corrected chi connectivity index (χ4v) is 4.01. The molecule has 27 heavy (non-hydrogen) atoms. The van der Waals surface area contributed by atoms with Gasteiger partial charge >= 0.3 is 5.97 Å². The van der Waals surface area contributed by atoms with E-state index >= 15 is 0 Å². The molecule has 140 valence electrons. The van der Waals surface area contributed by atoms with E-state index in [0.717, 1.165) is 34.8 Å². The van der Waals surface area contributed by atoms with Gasteiger partial charge in [-0.2, -0.15) is 0 Å². The molecule has 1 aromatic carbocycles. The van der Waals surface area contributed by atoms with Gasteiger partial charge in [0.05, 0.1) is 10.6 Å². The second kappa shape index (κ2) is 9.37. The van der Waals surface area contributed by atoms with Crippen molar-refractivity contribution in [1.82, 2.24) is 9.88 Å². The number of carbonyl (C=O) groups is 1. The number of carboxylic acids is 1. The first kappa shape index (κ1) is 19.2. The molecule has 0 bridgehead atoms. The van der Waals surface area contributed by atoms with Gasteiger partial charge in [0, 0.05) is 25.5 Å². The molecule has 0 unspecified atom stereocenters. The number of benzene rings is 1. The van der Waals surface area contributed by atoms with E-state index in [4.69, 9.17) is 0 Å². The number of nitrogens with zero attached hydrogens (tertiary/aromatic N) is 2. The van der Waals surface area contributed by atoms with Crippen LogP contribution in [0, 0.1) is 5.82 Å². The van der Waals surface area contributed by atoms with Crippen molar-refractivity contribution in [2.75, 3.05) is 12.3 Å². The lowest BCUT2D eigenvalue weighted by Gasteiger charge is -2.29. The number of pyridine rings is 1. The van der Waals surface area contributed by atoms with Gasteiger partial charge in [-0.25, -0.2) is 9.18 Å². The predicted molar refractivity (Wildman–Crippen MR) is 106 cm³/mol.